The molecule has 0 aromatic carbocycles. The molecule has 1 saturated heterocycles. The Kier molecular flexibility index (Phi) is 3.35. The molecule has 2 N–H and O–H groups in total. The van der Waals surface area contributed by atoms with Crippen molar-refractivity contribution < 1.29 is 19.4 Å². The van der Waals surface area contributed by atoms with E-state index in [1.54, 1.807) is 20.8 Å². The number of nitrogens with zero attached hydrogens (tertiary/aromatic N) is 1. The molecule has 5 heteroatoms. The van der Waals surface area contributed by atoms with E-state index in [0.29, 0.717) is 0 Å². The SMILES string of the molecule is CC(C)(C)C(O)N1C[C@H](F)C[C@H]1C(=O)O. The summed E-state index contributed by atoms with van der Waals surface area (Å²) in [4.78, 5) is 12.2. The van der Waals surface area contributed by atoms with Gasteiger partial charge in [-0.15, -0.1) is 0 Å². The summed E-state index contributed by atoms with van der Waals surface area (Å²) in [7, 11) is 0. The number of halogens is 1. The molecule has 1 rings (SSSR count). The molecular weight excluding hydrogens is 201 g/mol. The molecule has 0 aliphatic carbocycles. The predicted molar refractivity (Wildman–Crippen MR) is 53.1 cm³/mol. The van der Waals surface area contributed by atoms with E-state index in [-0.39, 0.29) is 13.0 Å². The fraction of sp³-hybridized carbons (Fsp3) is 0.900. The number of aliphatic hydroxyl groups excluding tert-OH is 1. The van der Waals surface area contributed by atoms with Gasteiger partial charge in [0, 0.05) is 18.4 Å². The minimum atomic E-state index is -1.16. The smallest absolute Gasteiger partial charge is 0.321 e. The number of carboxylic acids is 1. The van der Waals surface area contributed by atoms with Crippen LogP contribution in [0.4, 0.5) is 4.39 Å². The molecule has 0 saturated carbocycles. The van der Waals surface area contributed by atoms with E-state index in [2.05, 4.69) is 0 Å². The second-order valence-electron chi connectivity index (χ2n) is 5.12. The number of carboxylic acid groups (broad SMARTS) is 1. The summed E-state index contributed by atoms with van der Waals surface area (Å²) in [6, 6.07) is -0.908. The normalized spacial score (nSPS) is 30.5. The lowest BCUT2D eigenvalue weighted by Gasteiger charge is -2.35. The van der Waals surface area contributed by atoms with Gasteiger partial charge in [0.1, 0.15) is 18.4 Å². The van der Waals surface area contributed by atoms with Crippen molar-refractivity contribution in [3.8, 4) is 0 Å². The van der Waals surface area contributed by atoms with Crippen molar-refractivity contribution in [3.05, 3.63) is 0 Å². The van der Waals surface area contributed by atoms with Gasteiger partial charge in [0.15, 0.2) is 0 Å². The topological polar surface area (TPSA) is 60.8 Å². The summed E-state index contributed by atoms with van der Waals surface area (Å²) in [6.07, 6.45) is -2.13. The van der Waals surface area contributed by atoms with E-state index in [0.717, 1.165) is 0 Å². The van der Waals surface area contributed by atoms with Crippen molar-refractivity contribution in [2.24, 2.45) is 5.41 Å². The highest BCUT2D eigenvalue weighted by Crippen LogP contribution is 2.30. The van der Waals surface area contributed by atoms with Crippen LogP contribution in [0.1, 0.15) is 27.2 Å². The Bertz CT molecular complexity index is 252. The van der Waals surface area contributed by atoms with Gasteiger partial charge >= 0.3 is 5.97 Å². The summed E-state index contributed by atoms with van der Waals surface area (Å²) in [5, 5.41) is 18.8. The lowest BCUT2D eigenvalue weighted by Crippen LogP contribution is -2.49. The number of rotatable bonds is 2. The Hall–Kier alpha value is -0.680. The molecule has 88 valence electrons. The lowest BCUT2D eigenvalue weighted by atomic mass is 9.93. The quantitative estimate of drug-likeness (QED) is 0.722. The van der Waals surface area contributed by atoms with Gasteiger partial charge in [-0.25, -0.2) is 4.39 Å². The van der Waals surface area contributed by atoms with E-state index < -0.39 is 29.8 Å². The van der Waals surface area contributed by atoms with Crippen LogP contribution < -0.4 is 0 Å². The molecule has 0 amide bonds. The first-order valence-corrected chi connectivity index (χ1v) is 5.04. The first-order valence-electron chi connectivity index (χ1n) is 5.04. The number of aliphatic carboxylic acids is 1. The van der Waals surface area contributed by atoms with Gasteiger partial charge in [0.2, 0.25) is 0 Å². The number of hydrogen-bond donors (Lipinski definition) is 2. The highest BCUT2D eigenvalue weighted by atomic mass is 19.1. The van der Waals surface area contributed by atoms with Crippen LogP contribution in [0.5, 0.6) is 0 Å². The zero-order chi connectivity index (χ0) is 11.8. The number of hydrogen-bond acceptors (Lipinski definition) is 3. The van der Waals surface area contributed by atoms with Crippen LogP contribution in [-0.4, -0.2) is 46.1 Å². The van der Waals surface area contributed by atoms with Gasteiger partial charge in [0.05, 0.1) is 0 Å². The van der Waals surface area contributed by atoms with E-state index >= 15 is 0 Å². The molecule has 1 unspecified atom stereocenters. The molecular formula is C10H18FNO3. The highest BCUT2D eigenvalue weighted by molar-refractivity contribution is 5.74. The predicted octanol–water partition coefficient (Wildman–Crippen LogP) is 0.848. The third-order valence-corrected chi connectivity index (χ3v) is 2.66. The Labute approximate surface area is 88.7 Å². The summed E-state index contributed by atoms with van der Waals surface area (Å²) in [5.74, 6) is -1.07. The molecule has 0 bridgehead atoms. The average molecular weight is 219 g/mol. The van der Waals surface area contributed by atoms with Crippen LogP contribution in [0.25, 0.3) is 0 Å². The Morgan fingerprint density at radius 1 is 1.53 bits per heavy atom. The van der Waals surface area contributed by atoms with Crippen LogP contribution in [-0.2, 0) is 4.79 Å². The van der Waals surface area contributed by atoms with Crippen molar-refractivity contribution in [2.75, 3.05) is 6.54 Å². The maximum Gasteiger partial charge on any atom is 0.321 e. The van der Waals surface area contributed by atoms with Crippen LogP contribution in [0.15, 0.2) is 0 Å². The van der Waals surface area contributed by atoms with E-state index in [4.69, 9.17) is 5.11 Å². The number of likely N-dealkylation sites (tertiary alicyclic amines) is 1. The molecule has 0 aromatic heterocycles. The van der Waals surface area contributed by atoms with Gasteiger partial charge in [-0.05, 0) is 0 Å². The molecule has 3 atom stereocenters. The standard InChI is InChI=1S/C10H18FNO3/c1-10(2,3)9(15)12-5-6(11)4-7(12)8(13)14/h6-7,9,15H,4-5H2,1-3H3,(H,13,14)/t6-,7+,9?/m1/s1. The second kappa shape index (κ2) is 4.06. The lowest BCUT2D eigenvalue weighted by molar-refractivity contribution is -0.150. The second-order valence-corrected chi connectivity index (χ2v) is 5.12. The van der Waals surface area contributed by atoms with Gasteiger partial charge < -0.3 is 10.2 Å². The monoisotopic (exact) mass is 219 g/mol. The summed E-state index contributed by atoms with van der Waals surface area (Å²) < 4.78 is 13.1. The maximum atomic E-state index is 13.1. The van der Waals surface area contributed by atoms with Gasteiger partial charge in [-0.1, -0.05) is 20.8 Å². The fourth-order valence-corrected chi connectivity index (χ4v) is 1.82. The van der Waals surface area contributed by atoms with Crippen molar-refractivity contribution in [1.82, 2.24) is 4.90 Å². The fourth-order valence-electron chi connectivity index (χ4n) is 1.82. The van der Waals surface area contributed by atoms with Crippen molar-refractivity contribution in [1.29, 1.82) is 0 Å². The minimum absolute atomic E-state index is 0.00456. The summed E-state index contributed by atoms with van der Waals surface area (Å²) in [6.45, 7) is 5.38. The number of alkyl halides is 1. The molecule has 1 aliphatic rings. The zero-order valence-corrected chi connectivity index (χ0v) is 9.27. The Morgan fingerprint density at radius 3 is 2.47 bits per heavy atom. The Balaban J connectivity index is 2.79. The number of carbonyl (C=O) groups is 1. The van der Waals surface area contributed by atoms with Crippen LogP contribution >= 0.6 is 0 Å². The Morgan fingerprint density at radius 2 is 2.07 bits per heavy atom. The molecule has 1 heterocycles. The molecule has 1 aliphatic heterocycles. The van der Waals surface area contributed by atoms with Gasteiger partial charge in [-0.3, -0.25) is 9.69 Å². The van der Waals surface area contributed by atoms with Crippen LogP contribution in [0.3, 0.4) is 0 Å². The van der Waals surface area contributed by atoms with Crippen LogP contribution in [0, 0.1) is 5.41 Å². The zero-order valence-electron chi connectivity index (χ0n) is 9.27. The largest absolute Gasteiger partial charge is 0.480 e. The molecule has 0 aromatic rings. The number of aliphatic hydroxyl groups is 1. The van der Waals surface area contributed by atoms with Gasteiger partial charge in [-0.2, -0.15) is 0 Å². The first kappa shape index (κ1) is 12.4. The van der Waals surface area contributed by atoms with Crippen LogP contribution in [0.2, 0.25) is 0 Å². The van der Waals surface area contributed by atoms with E-state index in [1.807, 2.05) is 0 Å². The van der Waals surface area contributed by atoms with Gasteiger partial charge in [0.25, 0.3) is 0 Å². The molecule has 0 radical (unpaired) electrons. The summed E-state index contributed by atoms with van der Waals surface area (Å²) in [5.41, 5.74) is -0.474. The molecule has 4 nitrogen and oxygen atoms in total. The summed E-state index contributed by atoms with van der Waals surface area (Å²) >= 11 is 0. The van der Waals surface area contributed by atoms with Crippen molar-refractivity contribution >= 4 is 5.97 Å². The van der Waals surface area contributed by atoms with Crippen molar-refractivity contribution in [3.63, 3.8) is 0 Å². The third kappa shape index (κ3) is 2.66. The van der Waals surface area contributed by atoms with E-state index in [1.165, 1.54) is 4.90 Å². The minimum Gasteiger partial charge on any atom is -0.480 e. The highest BCUT2D eigenvalue weighted by Gasteiger charge is 2.43. The average Bonchev–Trinajstić information content (AvgIpc) is 2.44. The van der Waals surface area contributed by atoms with E-state index in [9.17, 15) is 14.3 Å². The maximum absolute atomic E-state index is 13.1. The molecule has 1 fully saturated rings. The molecule has 0 spiro atoms. The van der Waals surface area contributed by atoms with Crippen molar-refractivity contribution in [2.45, 2.75) is 45.6 Å². The first-order chi connectivity index (χ1) is 6.73. The molecule has 15 heavy (non-hydrogen) atoms. The third-order valence-electron chi connectivity index (χ3n) is 2.66.